The van der Waals surface area contributed by atoms with Crippen molar-refractivity contribution >= 4 is 15.9 Å². The third-order valence-electron chi connectivity index (χ3n) is 2.13. The van der Waals surface area contributed by atoms with Crippen molar-refractivity contribution in [3.8, 4) is 11.5 Å². The van der Waals surface area contributed by atoms with Crippen molar-refractivity contribution in [2.24, 2.45) is 0 Å². The highest BCUT2D eigenvalue weighted by atomic mass is 79.9. The molecule has 1 N–H and O–H groups in total. The van der Waals surface area contributed by atoms with Crippen molar-refractivity contribution in [1.82, 2.24) is 5.32 Å². The molecule has 0 fully saturated rings. The van der Waals surface area contributed by atoms with Crippen LogP contribution in [0.3, 0.4) is 0 Å². The summed E-state index contributed by atoms with van der Waals surface area (Å²) in [6.07, 6.45) is 0. The lowest BCUT2D eigenvalue weighted by Crippen LogP contribution is -2.12. The number of ether oxygens (including phenoxy) is 2. The molecule has 4 heteroatoms. The number of nitrogens with one attached hydrogen (secondary N) is 1. The van der Waals surface area contributed by atoms with Gasteiger partial charge in [-0.1, -0.05) is 13.0 Å². The normalized spacial score (nSPS) is 10.1. The minimum absolute atomic E-state index is 0.784. The molecule has 0 aliphatic carbocycles. The van der Waals surface area contributed by atoms with Gasteiger partial charge in [-0.3, -0.25) is 0 Å². The summed E-state index contributed by atoms with van der Waals surface area (Å²) in [4.78, 5) is 0. The van der Waals surface area contributed by atoms with E-state index in [1.807, 2.05) is 12.1 Å². The molecule has 1 aromatic carbocycles. The van der Waals surface area contributed by atoms with Gasteiger partial charge in [-0.05, 0) is 28.5 Å². The topological polar surface area (TPSA) is 30.5 Å². The third-order valence-corrected chi connectivity index (χ3v) is 2.88. The molecule has 0 unspecified atom stereocenters. The first-order chi connectivity index (χ1) is 7.24. The fourth-order valence-electron chi connectivity index (χ4n) is 1.36. The Kier molecular flexibility index (Phi) is 4.91. The van der Waals surface area contributed by atoms with Crippen LogP contribution in [0.15, 0.2) is 16.6 Å². The Morgan fingerprint density at radius 2 is 2.00 bits per heavy atom. The van der Waals surface area contributed by atoms with E-state index in [1.54, 1.807) is 14.2 Å². The van der Waals surface area contributed by atoms with E-state index in [2.05, 4.69) is 28.2 Å². The van der Waals surface area contributed by atoms with Crippen LogP contribution in [0.25, 0.3) is 0 Å². The van der Waals surface area contributed by atoms with Crippen LogP contribution >= 0.6 is 15.9 Å². The second-order valence-electron chi connectivity index (χ2n) is 3.05. The molecule has 0 spiro atoms. The summed E-state index contributed by atoms with van der Waals surface area (Å²) in [6.45, 7) is 3.81. The molecule has 0 saturated carbocycles. The summed E-state index contributed by atoms with van der Waals surface area (Å²) < 4.78 is 11.4. The van der Waals surface area contributed by atoms with Crippen molar-refractivity contribution in [3.05, 3.63) is 22.2 Å². The summed E-state index contributed by atoms with van der Waals surface area (Å²) >= 11 is 3.47. The molecule has 0 radical (unpaired) electrons. The van der Waals surface area contributed by atoms with E-state index in [0.717, 1.165) is 34.6 Å². The molecular formula is C11H16BrNO2. The first-order valence-electron chi connectivity index (χ1n) is 4.84. The Labute approximate surface area is 98.9 Å². The van der Waals surface area contributed by atoms with Gasteiger partial charge in [0.05, 0.1) is 14.2 Å². The van der Waals surface area contributed by atoms with E-state index in [4.69, 9.17) is 9.47 Å². The van der Waals surface area contributed by atoms with Crippen molar-refractivity contribution in [1.29, 1.82) is 0 Å². The maximum atomic E-state index is 5.35. The monoisotopic (exact) mass is 273 g/mol. The number of methoxy groups -OCH3 is 2. The highest BCUT2D eigenvalue weighted by Crippen LogP contribution is 2.36. The molecule has 0 saturated heterocycles. The quantitative estimate of drug-likeness (QED) is 0.895. The number of hydrogen-bond donors (Lipinski definition) is 1. The standard InChI is InChI=1S/C11H16BrNO2/c1-4-13-7-8-5-6-9(14-2)10(12)11(8)15-3/h5-6,13H,4,7H2,1-3H3. The van der Waals surface area contributed by atoms with Gasteiger partial charge in [-0.25, -0.2) is 0 Å². The smallest absolute Gasteiger partial charge is 0.141 e. The van der Waals surface area contributed by atoms with E-state index in [1.165, 1.54) is 0 Å². The molecule has 3 nitrogen and oxygen atoms in total. The molecule has 1 aromatic rings. The predicted molar refractivity (Wildman–Crippen MR) is 64.6 cm³/mol. The fraction of sp³-hybridized carbons (Fsp3) is 0.455. The Morgan fingerprint density at radius 3 is 2.53 bits per heavy atom. The van der Waals surface area contributed by atoms with Crippen LogP contribution in [-0.2, 0) is 6.54 Å². The molecule has 84 valence electrons. The van der Waals surface area contributed by atoms with Gasteiger partial charge in [0.2, 0.25) is 0 Å². The lowest BCUT2D eigenvalue weighted by atomic mass is 10.2. The molecule has 0 atom stereocenters. The summed E-state index contributed by atoms with van der Waals surface area (Å²) in [6, 6.07) is 3.93. The summed E-state index contributed by atoms with van der Waals surface area (Å²) in [5.74, 6) is 1.61. The lowest BCUT2D eigenvalue weighted by Gasteiger charge is -2.13. The minimum Gasteiger partial charge on any atom is -0.495 e. The van der Waals surface area contributed by atoms with Crippen LogP contribution in [0, 0.1) is 0 Å². The van der Waals surface area contributed by atoms with Crippen LogP contribution < -0.4 is 14.8 Å². The molecule has 0 heterocycles. The van der Waals surface area contributed by atoms with E-state index < -0.39 is 0 Å². The van der Waals surface area contributed by atoms with Gasteiger partial charge in [-0.15, -0.1) is 0 Å². The predicted octanol–water partition coefficient (Wildman–Crippen LogP) is 2.58. The second kappa shape index (κ2) is 5.98. The van der Waals surface area contributed by atoms with Crippen LogP contribution in [0.5, 0.6) is 11.5 Å². The molecule has 0 amide bonds. The largest absolute Gasteiger partial charge is 0.495 e. The van der Waals surface area contributed by atoms with Crippen molar-refractivity contribution in [2.45, 2.75) is 13.5 Å². The first-order valence-corrected chi connectivity index (χ1v) is 5.64. The summed E-state index contributed by atoms with van der Waals surface area (Å²) in [5, 5.41) is 3.26. The number of halogens is 1. The Bertz CT molecular complexity index is 329. The fourth-order valence-corrected chi connectivity index (χ4v) is 2.07. The van der Waals surface area contributed by atoms with E-state index >= 15 is 0 Å². The highest BCUT2D eigenvalue weighted by Gasteiger charge is 2.11. The van der Waals surface area contributed by atoms with Gasteiger partial charge in [0.25, 0.3) is 0 Å². The molecule has 0 aromatic heterocycles. The van der Waals surface area contributed by atoms with Crippen LogP contribution in [0.1, 0.15) is 12.5 Å². The first kappa shape index (κ1) is 12.3. The zero-order chi connectivity index (χ0) is 11.3. The molecule has 0 bridgehead atoms. The maximum Gasteiger partial charge on any atom is 0.141 e. The maximum absolute atomic E-state index is 5.35. The van der Waals surface area contributed by atoms with Crippen molar-refractivity contribution < 1.29 is 9.47 Å². The molecule has 0 aliphatic rings. The number of benzene rings is 1. The Balaban J connectivity index is 3.01. The van der Waals surface area contributed by atoms with Gasteiger partial charge < -0.3 is 14.8 Å². The average molecular weight is 274 g/mol. The van der Waals surface area contributed by atoms with Gasteiger partial charge in [0.15, 0.2) is 0 Å². The zero-order valence-corrected chi connectivity index (χ0v) is 10.8. The molecule has 0 aliphatic heterocycles. The van der Waals surface area contributed by atoms with Gasteiger partial charge >= 0.3 is 0 Å². The van der Waals surface area contributed by atoms with Crippen molar-refractivity contribution in [3.63, 3.8) is 0 Å². The van der Waals surface area contributed by atoms with Gasteiger partial charge in [0.1, 0.15) is 16.0 Å². The van der Waals surface area contributed by atoms with E-state index in [0.29, 0.717) is 0 Å². The summed E-state index contributed by atoms with van der Waals surface area (Å²) in [5.41, 5.74) is 1.12. The molecular weight excluding hydrogens is 258 g/mol. The van der Waals surface area contributed by atoms with Crippen LogP contribution in [0.2, 0.25) is 0 Å². The zero-order valence-electron chi connectivity index (χ0n) is 9.26. The minimum atomic E-state index is 0.784. The van der Waals surface area contributed by atoms with Crippen molar-refractivity contribution in [2.75, 3.05) is 20.8 Å². The highest BCUT2D eigenvalue weighted by molar-refractivity contribution is 9.10. The van der Waals surface area contributed by atoms with Gasteiger partial charge in [0, 0.05) is 12.1 Å². The second-order valence-corrected chi connectivity index (χ2v) is 3.85. The van der Waals surface area contributed by atoms with E-state index in [9.17, 15) is 0 Å². The van der Waals surface area contributed by atoms with Crippen LogP contribution in [-0.4, -0.2) is 20.8 Å². The number of rotatable bonds is 5. The van der Waals surface area contributed by atoms with E-state index in [-0.39, 0.29) is 0 Å². The Morgan fingerprint density at radius 1 is 1.27 bits per heavy atom. The van der Waals surface area contributed by atoms with Gasteiger partial charge in [-0.2, -0.15) is 0 Å². The third kappa shape index (κ3) is 2.86. The lowest BCUT2D eigenvalue weighted by molar-refractivity contribution is 0.385. The average Bonchev–Trinajstić information content (AvgIpc) is 2.26. The molecule has 1 rings (SSSR count). The van der Waals surface area contributed by atoms with Crippen LogP contribution in [0.4, 0.5) is 0 Å². The SMILES string of the molecule is CCNCc1ccc(OC)c(Br)c1OC. The Hall–Kier alpha value is -0.740. The summed E-state index contributed by atoms with van der Waals surface area (Å²) in [7, 11) is 3.30. The number of hydrogen-bond acceptors (Lipinski definition) is 3. The molecule has 15 heavy (non-hydrogen) atoms.